The Labute approximate surface area is 194 Å². The van der Waals surface area contributed by atoms with Crippen molar-refractivity contribution < 1.29 is 14.7 Å². The molecular weight excluding hydrogens is 435 g/mol. The maximum atomic E-state index is 10.6. The van der Waals surface area contributed by atoms with E-state index in [1.807, 2.05) is 69.3 Å². The van der Waals surface area contributed by atoms with E-state index in [1.165, 1.54) is 0 Å². The number of ether oxygens (including phenoxy) is 1. The molecular formula is C24H30Cl2N2O3. The maximum Gasteiger partial charge on any atom is 0.145 e. The molecule has 7 heteroatoms. The third-order valence-corrected chi connectivity index (χ3v) is 5.42. The van der Waals surface area contributed by atoms with Gasteiger partial charge in [0.2, 0.25) is 0 Å². The zero-order chi connectivity index (χ0) is 22.4. The van der Waals surface area contributed by atoms with Crippen LogP contribution in [0.2, 0.25) is 10.0 Å². The van der Waals surface area contributed by atoms with Gasteiger partial charge in [-0.1, -0.05) is 58.7 Å². The highest BCUT2D eigenvalue weighted by atomic mass is 35.5. The van der Waals surface area contributed by atoms with Gasteiger partial charge in [-0.2, -0.15) is 0 Å². The molecule has 0 aliphatic carbocycles. The molecule has 1 aliphatic heterocycles. The van der Waals surface area contributed by atoms with Crippen LogP contribution in [-0.4, -0.2) is 53.2 Å². The fraction of sp³-hybridized carbons (Fsp3) is 0.458. The lowest BCUT2D eigenvalue weighted by atomic mass is 10.0. The zero-order valence-corrected chi connectivity index (χ0v) is 19.7. The molecule has 0 bridgehead atoms. The molecule has 2 aromatic carbocycles. The number of rotatable bonds is 9. The number of halogens is 2. The molecule has 1 heterocycles. The number of benzene rings is 2. The van der Waals surface area contributed by atoms with Crippen molar-refractivity contribution in [2.45, 2.75) is 51.5 Å². The van der Waals surface area contributed by atoms with Gasteiger partial charge in [-0.15, -0.1) is 0 Å². The molecule has 0 aromatic heterocycles. The number of oxime groups is 1. The van der Waals surface area contributed by atoms with Gasteiger partial charge < -0.3 is 14.7 Å². The van der Waals surface area contributed by atoms with E-state index in [9.17, 15) is 5.11 Å². The number of aliphatic hydroxyl groups excluding tert-OH is 1. The molecule has 2 aromatic rings. The monoisotopic (exact) mass is 464 g/mol. The number of hydrogen-bond acceptors (Lipinski definition) is 5. The van der Waals surface area contributed by atoms with Crippen LogP contribution in [0.3, 0.4) is 0 Å². The Morgan fingerprint density at radius 3 is 2.68 bits per heavy atom. The molecule has 31 heavy (non-hydrogen) atoms. The normalized spacial score (nSPS) is 17.5. The molecule has 0 spiro atoms. The quantitative estimate of drug-likeness (QED) is 0.556. The molecule has 168 valence electrons. The van der Waals surface area contributed by atoms with Crippen molar-refractivity contribution in [2.75, 3.05) is 19.7 Å². The van der Waals surface area contributed by atoms with Crippen LogP contribution in [0, 0.1) is 0 Å². The van der Waals surface area contributed by atoms with Crippen molar-refractivity contribution in [1.82, 2.24) is 4.90 Å². The second kappa shape index (κ2) is 10.8. The molecule has 3 rings (SSSR count). The summed E-state index contributed by atoms with van der Waals surface area (Å²) >= 11 is 12.5. The molecule has 5 nitrogen and oxygen atoms in total. The SMILES string of the molecule is CC(C)(C)OC[C@@H](O)CN(Cc1cccc(Cl)c1)C[C@@H]1CC(c2ccccc2Cl)=NO1. The summed E-state index contributed by atoms with van der Waals surface area (Å²) < 4.78 is 5.75. The molecule has 0 amide bonds. The number of hydrogen-bond donors (Lipinski definition) is 1. The third-order valence-electron chi connectivity index (χ3n) is 4.85. The van der Waals surface area contributed by atoms with E-state index in [2.05, 4.69) is 10.1 Å². The van der Waals surface area contributed by atoms with Gasteiger partial charge in [0.05, 0.1) is 24.0 Å². The first-order valence-corrected chi connectivity index (χ1v) is 11.2. The summed E-state index contributed by atoms with van der Waals surface area (Å²) in [5.41, 5.74) is 2.51. The molecule has 0 radical (unpaired) electrons. The summed E-state index contributed by atoms with van der Waals surface area (Å²) in [7, 11) is 0. The van der Waals surface area contributed by atoms with E-state index in [-0.39, 0.29) is 18.3 Å². The fourth-order valence-corrected chi connectivity index (χ4v) is 3.92. The Balaban J connectivity index is 1.64. The molecule has 0 saturated heterocycles. The van der Waals surface area contributed by atoms with Crippen LogP contribution < -0.4 is 0 Å². The highest BCUT2D eigenvalue weighted by molar-refractivity contribution is 6.34. The van der Waals surface area contributed by atoms with E-state index < -0.39 is 6.10 Å². The van der Waals surface area contributed by atoms with E-state index in [0.29, 0.717) is 36.1 Å². The van der Waals surface area contributed by atoms with Crippen LogP contribution in [0.15, 0.2) is 53.7 Å². The number of aliphatic hydroxyl groups is 1. The maximum absolute atomic E-state index is 10.6. The second-order valence-electron chi connectivity index (χ2n) is 8.85. The minimum atomic E-state index is -0.622. The van der Waals surface area contributed by atoms with Crippen molar-refractivity contribution in [3.8, 4) is 0 Å². The minimum absolute atomic E-state index is 0.124. The van der Waals surface area contributed by atoms with Crippen LogP contribution >= 0.6 is 23.2 Å². The van der Waals surface area contributed by atoms with Gasteiger partial charge in [-0.05, 0) is 44.5 Å². The van der Waals surface area contributed by atoms with Gasteiger partial charge in [0.25, 0.3) is 0 Å². The summed E-state index contributed by atoms with van der Waals surface area (Å²) in [6, 6.07) is 15.4. The van der Waals surface area contributed by atoms with Crippen LogP contribution in [0.4, 0.5) is 0 Å². The Bertz CT molecular complexity index is 898. The predicted octanol–water partition coefficient (Wildman–Crippen LogP) is 5.16. The largest absolute Gasteiger partial charge is 0.390 e. The van der Waals surface area contributed by atoms with Crippen molar-refractivity contribution >= 4 is 28.9 Å². The van der Waals surface area contributed by atoms with Crippen LogP contribution in [0.25, 0.3) is 0 Å². The van der Waals surface area contributed by atoms with Gasteiger partial charge in [0.15, 0.2) is 0 Å². The predicted molar refractivity (Wildman–Crippen MR) is 126 cm³/mol. The molecule has 0 fully saturated rings. The lowest BCUT2D eigenvalue weighted by molar-refractivity contribution is -0.0600. The second-order valence-corrected chi connectivity index (χ2v) is 9.69. The summed E-state index contributed by atoms with van der Waals surface area (Å²) in [4.78, 5) is 7.86. The van der Waals surface area contributed by atoms with Gasteiger partial charge in [-0.25, -0.2) is 0 Å². The van der Waals surface area contributed by atoms with Crippen LogP contribution in [0.1, 0.15) is 38.3 Å². The first-order valence-electron chi connectivity index (χ1n) is 10.5. The van der Waals surface area contributed by atoms with Gasteiger partial charge in [-0.3, -0.25) is 4.90 Å². The highest BCUT2D eigenvalue weighted by Crippen LogP contribution is 2.24. The smallest absolute Gasteiger partial charge is 0.145 e. The molecule has 1 N–H and O–H groups in total. The Kier molecular flexibility index (Phi) is 8.36. The van der Waals surface area contributed by atoms with Crippen molar-refractivity contribution in [1.29, 1.82) is 0 Å². The van der Waals surface area contributed by atoms with E-state index in [1.54, 1.807) is 0 Å². The average Bonchev–Trinajstić information content (AvgIpc) is 3.14. The van der Waals surface area contributed by atoms with E-state index in [0.717, 1.165) is 16.8 Å². The van der Waals surface area contributed by atoms with Crippen LogP contribution in [-0.2, 0) is 16.1 Å². The lowest BCUT2D eigenvalue weighted by Crippen LogP contribution is -2.40. The summed E-state index contributed by atoms with van der Waals surface area (Å²) in [5, 5.41) is 16.2. The number of nitrogens with zero attached hydrogens (tertiary/aromatic N) is 2. The van der Waals surface area contributed by atoms with Crippen molar-refractivity contribution in [3.63, 3.8) is 0 Å². The summed E-state index contributed by atoms with van der Waals surface area (Å²) in [6.07, 6.45) is -0.0883. The fourth-order valence-electron chi connectivity index (χ4n) is 3.46. The highest BCUT2D eigenvalue weighted by Gasteiger charge is 2.27. The summed E-state index contributed by atoms with van der Waals surface area (Å²) in [6.45, 7) is 7.88. The van der Waals surface area contributed by atoms with Crippen molar-refractivity contribution in [2.24, 2.45) is 5.16 Å². The molecule has 1 aliphatic rings. The molecule has 2 atom stereocenters. The minimum Gasteiger partial charge on any atom is -0.390 e. The van der Waals surface area contributed by atoms with Gasteiger partial charge in [0, 0.05) is 41.7 Å². The van der Waals surface area contributed by atoms with Crippen molar-refractivity contribution in [3.05, 3.63) is 69.7 Å². The molecule has 0 unspecified atom stereocenters. The van der Waals surface area contributed by atoms with E-state index >= 15 is 0 Å². The van der Waals surface area contributed by atoms with Gasteiger partial charge in [0.1, 0.15) is 6.10 Å². The first kappa shape index (κ1) is 24.0. The van der Waals surface area contributed by atoms with E-state index in [4.69, 9.17) is 32.8 Å². The Hall–Kier alpha value is -1.63. The zero-order valence-electron chi connectivity index (χ0n) is 18.2. The van der Waals surface area contributed by atoms with Gasteiger partial charge >= 0.3 is 0 Å². The van der Waals surface area contributed by atoms with Crippen LogP contribution in [0.5, 0.6) is 0 Å². The molecule has 0 saturated carbocycles. The average molecular weight is 465 g/mol. The third kappa shape index (κ3) is 7.78. The summed E-state index contributed by atoms with van der Waals surface area (Å²) in [5.74, 6) is 0. The standard InChI is InChI=1S/C24H30Cl2N2O3/c1-24(2,3)30-16-19(29)14-28(13-17-7-6-8-18(25)11-17)15-20-12-23(27-31-20)21-9-4-5-10-22(21)26/h4-11,19-20,29H,12-16H2,1-3H3/t19-,20-/m0/s1. The topological polar surface area (TPSA) is 54.3 Å². The first-order chi connectivity index (χ1) is 14.7. The Morgan fingerprint density at radius 2 is 1.97 bits per heavy atom. The lowest BCUT2D eigenvalue weighted by Gasteiger charge is -2.28. The Morgan fingerprint density at radius 1 is 1.19 bits per heavy atom.